The molecule has 0 amide bonds. The number of ether oxygens (including phenoxy) is 1. The highest BCUT2D eigenvalue weighted by Crippen LogP contribution is 2.23. The lowest BCUT2D eigenvalue weighted by molar-refractivity contribution is 0.290. The van der Waals surface area contributed by atoms with Crippen molar-refractivity contribution in [3.05, 3.63) is 59.2 Å². The highest BCUT2D eigenvalue weighted by molar-refractivity contribution is 7.80. The van der Waals surface area contributed by atoms with Crippen molar-refractivity contribution in [1.82, 2.24) is 0 Å². The Kier molecular flexibility index (Phi) is 5.04. The maximum absolute atomic E-state index is 13.5. The zero-order valence-electron chi connectivity index (χ0n) is 11.0. The summed E-state index contributed by atoms with van der Waals surface area (Å²) in [7, 11) is 0. The van der Waals surface area contributed by atoms with Gasteiger partial charge in [0.15, 0.2) is 11.6 Å². The molecule has 1 unspecified atom stereocenters. The first-order valence-corrected chi connectivity index (χ1v) is 7.08. The van der Waals surface area contributed by atoms with Crippen molar-refractivity contribution in [3.8, 4) is 11.8 Å². The van der Waals surface area contributed by atoms with Crippen molar-refractivity contribution >= 4 is 17.0 Å². The molecule has 2 aromatic carbocycles. The second-order valence-electron chi connectivity index (χ2n) is 4.20. The van der Waals surface area contributed by atoms with Gasteiger partial charge in [-0.05, 0) is 30.3 Å². The molecule has 0 heterocycles. The number of anilines is 1. The van der Waals surface area contributed by atoms with Gasteiger partial charge in [0.2, 0.25) is 0 Å². The van der Waals surface area contributed by atoms with Gasteiger partial charge in [-0.2, -0.15) is 5.26 Å². The van der Waals surface area contributed by atoms with Gasteiger partial charge in [-0.3, -0.25) is 9.27 Å². The molecule has 0 aliphatic rings. The van der Waals surface area contributed by atoms with Gasteiger partial charge in [0, 0.05) is 11.6 Å². The van der Waals surface area contributed by atoms with Gasteiger partial charge in [-0.1, -0.05) is 0 Å². The van der Waals surface area contributed by atoms with Crippen molar-refractivity contribution in [2.45, 2.75) is 6.61 Å². The lowest BCUT2D eigenvalue weighted by atomic mass is 10.1. The Bertz CT molecular complexity index is 762. The minimum atomic E-state index is -2.30. The fourth-order valence-electron chi connectivity index (χ4n) is 1.72. The van der Waals surface area contributed by atoms with Crippen LogP contribution in [-0.4, -0.2) is 8.76 Å². The number of nitrogens with zero attached hydrogens (tertiary/aromatic N) is 1. The third-order valence-corrected chi connectivity index (χ3v) is 3.10. The monoisotopic (exact) mass is 324 g/mol. The van der Waals surface area contributed by atoms with Crippen LogP contribution in [0.1, 0.15) is 11.1 Å². The van der Waals surface area contributed by atoms with Crippen LogP contribution in [0.25, 0.3) is 0 Å². The summed E-state index contributed by atoms with van der Waals surface area (Å²) < 4.78 is 53.5. The number of rotatable bonds is 5. The second-order valence-corrected chi connectivity index (χ2v) is 4.90. The van der Waals surface area contributed by atoms with E-state index in [0.29, 0.717) is 17.2 Å². The summed E-state index contributed by atoms with van der Waals surface area (Å²) in [6.07, 6.45) is 0. The molecule has 0 spiro atoms. The molecule has 0 aliphatic carbocycles. The minimum Gasteiger partial charge on any atom is -0.486 e. The zero-order chi connectivity index (χ0) is 16.1. The Hall–Kier alpha value is -2.50. The predicted octanol–water partition coefficient (Wildman–Crippen LogP) is 2.96. The predicted molar refractivity (Wildman–Crippen MR) is 76.2 cm³/mol. The molecule has 8 heteroatoms. The van der Waals surface area contributed by atoms with Crippen LogP contribution in [0, 0.1) is 23.0 Å². The number of benzene rings is 2. The van der Waals surface area contributed by atoms with Crippen LogP contribution < -0.4 is 9.46 Å². The Morgan fingerprint density at radius 3 is 2.68 bits per heavy atom. The fourth-order valence-corrected chi connectivity index (χ4v) is 2.11. The van der Waals surface area contributed by atoms with Gasteiger partial charge in [0.05, 0.1) is 17.3 Å². The molecular weight excluding hydrogens is 314 g/mol. The molecule has 0 aromatic heterocycles. The summed E-state index contributed by atoms with van der Waals surface area (Å²) >= 11 is -2.30. The molecule has 114 valence electrons. The van der Waals surface area contributed by atoms with Gasteiger partial charge >= 0.3 is 0 Å². The maximum Gasteiger partial charge on any atom is 0.259 e. The van der Waals surface area contributed by atoms with Crippen molar-refractivity contribution in [3.63, 3.8) is 0 Å². The molecule has 0 aliphatic heterocycles. The summed E-state index contributed by atoms with van der Waals surface area (Å²) in [5, 5.41) is 8.87. The molecule has 0 saturated heterocycles. The Balaban J connectivity index is 2.23. The number of nitriles is 1. The van der Waals surface area contributed by atoms with E-state index in [-0.39, 0.29) is 18.0 Å². The van der Waals surface area contributed by atoms with Gasteiger partial charge in [-0.15, -0.1) is 0 Å². The zero-order valence-corrected chi connectivity index (χ0v) is 11.9. The summed E-state index contributed by atoms with van der Waals surface area (Å²) in [6, 6.07) is 9.12. The first-order valence-electron chi connectivity index (χ1n) is 5.98. The summed E-state index contributed by atoms with van der Waals surface area (Å²) in [5.41, 5.74) is 0.958. The molecule has 2 aromatic rings. The van der Waals surface area contributed by atoms with E-state index in [1.165, 1.54) is 18.2 Å². The van der Waals surface area contributed by atoms with Crippen LogP contribution >= 0.6 is 0 Å². The van der Waals surface area contributed by atoms with Crippen LogP contribution in [0.4, 0.5) is 14.5 Å². The highest BCUT2D eigenvalue weighted by Gasteiger charge is 2.10. The molecule has 2 rings (SSSR count). The second kappa shape index (κ2) is 6.98. The molecule has 0 saturated carbocycles. The van der Waals surface area contributed by atoms with E-state index in [1.54, 1.807) is 0 Å². The van der Waals surface area contributed by atoms with Crippen LogP contribution in [0.2, 0.25) is 0 Å². The van der Waals surface area contributed by atoms with E-state index in [0.717, 1.165) is 12.1 Å². The topological polar surface area (TPSA) is 82.4 Å². The molecule has 0 radical (unpaired) electrons. The number of halogens is 2. The van der Waals surface area contributed by atoms with E-state index >= 15 is 0 Å². The van der Waals surface area contributed by atoms with Crippen LogP contribution in [0.15, 0.2) is 36.4 Å². The Labute approximate surface area is 127 Å². The molecule has 1 atom stereocenters. The summed E-state index contributed by atoms with van der Waals surface area (Å²) in [4.78, 5) is 0. The highest BCUT2D eigenvalue weighted by atomic mass is 32.2. The first-order chi connectivity index (χ1) is 10.5. The lowest BCUT2D eigenvalue weighted by Crippen LogP contribution is -2.07. The molecule has 2 N–H and O–H groups in total. The average Bonchev–Trinajstić information content (AvgIpc) is 2.47. The third kappa shape index (κ3) is 4.00. The average molecular weight is 324 g/mol. The number of hydrogen-bond donors (Lipinski definition) is 2. The number of nitrogens with one attached hydrogen (secondary N) is 1. The van der Waals surface area contributed by atoms with E-state index in [2.05, 4.69) is 4.72 Å². The Morgan fingerprint density at radius 1 is 1.27 bits per heavy atom. The van der Waals surface area contributed by atoms with Gasteiger partial charge in [-0.25, -0.2) is 13.0 Å². The molecule has 5 nitrogen and oxygen atoms in total. The fraction of sp³-hybridized carbons (Fsp3) is 0.0714. The van der Waals surface area contributed by atoms with E-state index in [9.17, 15) is 13.0 Å². The standard InChI is InChI=1S/C14H10F2N2O3S/c15-11-2-4-14(12(16)6-11)21-8-10-5-9(7-17)1-3-13(10)18-22(19)20/h1-6,18H,8H2,(H,19,20). The first kappa shape index (κ1) is 15.9. The van der Waals surface area contributed by atoms with Crippen molar-refractivity contribution in [2.24, 2.45) is 0 Å². The van der Waals surface area contributed by atoms with Crippen LogP contribution in [0.3, 0.4) is 0 Å². The van der Waals surface area contributed by atoms with E-state index < -0.39 is 22.9 Å². The molecule has 22 heavy (non-hydrogen) atoms. The van der Waals surface area contributed by atoms with Gasteiger partial charge in [0.1, 0.15) is 12.4 Å². The summed E-state index contributed by atoms with van der Waals surface area (Å²) in [5.74, 6) is -1.76. The Morgan fingerprint density at radius 2 is 2.05 bits per heavy atom. The van der Waals surface area contributed by atoms with E-state index in [1.807, 2.05) is 6.07 Å². The van der Waals surface area contributed by atoms with Gasteiger partial charge < -0.3 is 4.74 Å². The molecule has 0 fully saturated rings. The summed E-state index contributed by atoms with van der Waals surface area (Å²) in [6.45, 7) is -0.169. The smallest absolute Gasteiger partial charge is 0.259 e. The van der Waals surface area contributed by atoms with Crippen LogP contribution in [-0.2, 0) is 17.9 Å². The van der Waals surface area contributed by atoms with E-state index in [4.69, 9.17) is 14.6 Å². The van der Waals surface area contributed by atoms with Crippen molar-refractivity contribution in [1.29, 1.82) is 5.26 Å². The van der Waals surface area contributed by atoms with Crippen molar-refractivity contribution < 1.29 is 22.3 Å². The molecule has 0 bridgehead atoms. The van der Waals surface area contributed by atoms with Gasteiger partial charge in [0.25, 0.3) is 11.3 Å². The normalized spacial score (nSPS) is 11.5. The largest absolute Gasteiger partial charge is 0.486 e. The van der Waals surface area contributed by atoms with Crippen molar-refractivity contribution in [2.75, 3.05) is 4.72 Å². The number of hydrogen-bond acceptors (Lipinski definition) is 3. The minimum absolute atomic E-state index is 0.167. The van der Waals surface area contributed by atoms with Crippen LogP contribution in [0.5, 0.6) is 5.75 Å². The molecular formula is C14H10F2N2O3S. The maximum atomic E-state index is 13.5. The third-order valence-electron chi connectivity index (χ3n) is 2.71. The quantitative estimate of drug-likeness (QED) is 0.828. The lowest BCUT2D eigenvalue weighted by Gasteiger charge is -2.12. The SMILES string of the molecule is N#Cc1ccc(NS(=O)O)c(COc2ccc(F)cc2F)c1.